The number of anilines is 1. The number of benzene rings is 1. The van der Waals surface area contributed by atoms with Gasteiger partial charge in [-0.05, 0) is 24.5 Å². The average molecular weight is 298 g/mol. The molecule has 2 rings (SSSR count). The highest BCUT2D eigenvalue weighted by Crippen LogP contribution is 2.36. The number of aliphatic carboxylic acids is 1. The maximum atomic E-state index is 12.3. The summed E-state index contributed by atoms with van der Waals surface area (Å²) in [5.41, 5.74) is 1.00. The van der Waals surface area contributed by atoms with E-state index < -0.39 is 22.1 Å². The number of carboxylic acid groups (broad SMARTS) is 1. The molecule has 2 N–H and O–H groups in total. The number of hydrogen-bond donors (Lipinski definition) is 2. The average Bonchev–Trinajstić information content (AvgIpc) is 2.43. The quantitative estimate of drug-likeness (QED) is 0.858. The van der Waals surface area contributed by atoms with Gasteiger partial charge in [0.25, 0.3) is 0 Å². The molecular formula is C13H18N2O4S. The Kier molecular flexibility index (Phi) is 4.29. The molecule has 0 aliphatic carbocycles. The molecule has 0 amide bonds. The standard InChI is InChI=1S/C13H18N2O4S/c1-2-8-14-20(18,19)15-9-7-11(13(16)17)10-5-3-4-6-12(10)15/h3-6,11,14H,2,7-9H2,1H3,(H,16,17). The van der Waals surface area contributed by atoms with Gasteiger partial charge in [0, 0.05) is 13.1 Å². The van der Waals surface area contributed by atoms with E-state index in [0.717, 1.165) is 0 Å². The van der Waals surface area contributed by atoms with Crippen molar-refractivity contribution in [1.82, 2.24) is 4.72 Å². The third-order valence-corrected chi connectivity index (χ3v) is 4.85. The van der Waals surface area contributed by atoms with Crippen molar-refractivity contribution in [3.8, 4) is 0 Å². The second-order valence-electron chi connectivity index (χ2n) is 4.71. The Bertz CT molecular complexity index is 600. The molecule has 0 saturated carbocycles. The molecule has 6 nitrogen and oxygen atoms in total. The summed E-state index contributed by atoms with van der Waals surface area (Å²) in [7, 11) is -3.62. The van der Waals surface area contributed by atoms with Crippen LogP contribution in [0.2, 0.25) is 0 Å². The normalized spacial score (nSPS) is 18.6. The highest BCUT2D eigenvalue weighted by atomic mass is 32.2. The molecule has 1 aromatic carbocycles. The summed E-state index contributed by atoms with van der Waals surface area (Å²) >= 11 is 0. The third kappa shape index (κ3) is 2.78. The van der Waals surface area contributed by atoms with Crippen LogP contribution in [0, 0.1) is 0 Å². The van der Waals surface area contributed by atoms with Crippen molar-refractivity contribution in [1.29, 1.82) is 0 Å². The molecule has 0 fully saturated rings. The van der Waals surface area contributed by atoms with Crippen molar-refractivity contribution in [3.05, 3.63) is 29.8 Å². The maximum Gasteiger partial charge on any atom is 0.311 e. The van der Waals surface area contributed by atoms with Gasteiger partial charge in [-0.15, -0.1) is 0 Å². The Hall–Kier alpha value is -1.60. The van der Waals surface area contributed by atoms with Crippen molar-refractivity contribution in [3.63, 3.8) is 0 Å². The molecule has 7 heteroatoms. The van der Waals surface area contributed by atoms with Gasteiger partial charge < -0.3 is 5.11 Å². The summed E-state index contributed by atoms with van der Waals surface area (Å²) in [6, 6.07) is 6.76. The fraction of sp³-hybridized carbons (Fsp3) is 0.462. The number of carbonyl (C=O) groups is 1. The monoisotopic (exact) mass is 298 g/mol. The molecule has 0 aromatic heterocycles. The van der Waals surface area contributed by atoms with E-state index in [1.807, 2.05) is 6.92 Å². The summed E-state index contributed by atoms with van der Waals surface area (Å²) in [5.74, 6) is -1.57. The van der Waals surface area contributed by atoms with E-state index >= 15 is 0 Å². The van der Waals surface area contributed by atoms with Gasteiger partial charge in [0.05, 0.1) is 11.6 Å². The van der Waals surface area contributed by atoms with E-state index in [4.69, 9.17) is 0 Å². The fourth-order valence-electron chi connectivity index (χ4n) is 2.35. The molecule has 1 unspecified atom stereocenters. The van der Waals surface area contributed by atoms with Crippen molar-refractivity contribution in [2.75, 3.05) is 17.4 Å². The summed E-state index contributed by atoms with van der Waals surface area (Å²) in [6.07, 6.45) is 0.978. The number of fused-ring (bicyclic) bond motifs is 1. The molecule has 1 heterocycles. The van der Waals surface area contributed by atoms with Gasteiger partial charge in [-0.2, -0.15) is 13.1 Å². The summed E-state index contributed by atoms with van der Waals surface area (Å²) in [6.45, 7) is 2.42. The molecule has 0 bridgehead atoms. The number of hydrogen-bond acceptors (Lipinski definition) is 3. The van der Waals surface area contributed by atoms with Crippen molar-refractivity contribution < 1.29 is 18.3 Å². The summed E-state index contributed by atoms with van der Waals surface area (Å²) in [5, 5.41) is 9.23. The van der Waals surface area contributed by atoms with Crippen LogP contribution in [0.15, 0.2) is 24.3 Å². The van der Waals surface area contributed by atoms with Crippen molar-refractivity contribution in [2.45, 2.75) is 25.7 Å². The van der Waals surface area contributed by atoms with Gasteiger partial charge in [-0.1, -0.05) is 25.1 Å². The molecule has 0 spiro atoms. The Morgan fingerprint density at radius 1 is 1.45 bits per heavy atom. The van der Waals surface area contributed by atoms with E-state index in [9.17, 15) is 18.3 Å². The van der Waals surface area contributed by atoms with Crippen LogP contribution in [0.4, 0.5) is 5.69 Å². The number of para-hydroxylation sites is 1. The molecule has 110 valence electrons. The summed E-state index contributed by atoms with van der Waals surface area (Å²) in [4.78, 5) is 11.3. The van der Waals surface area contributed by atoms with E-state index in [-0.39, 0.29) is 13.0 Å². The van der Waals surface area contributed by atoms with Crippen LogP contribution in [0.3, 0.4) is 0 Å². The molecule has 0 saturated heterocycles. The van der Waals surface area contributed by atoms with Crippen molar-refractivity contribution >= 4 is 21.9 Å². The lowest BCUT2D eigenvalue weighted by Crippen LogP contribution is -2.45. The number of nitrogens with one attached hydrogen (secondary N) is 1. The SMILES string of the molecule is CCCNS(=O)(=O)N1CCC(C(=O)O)c2ccccc21. The van der Waals surface area contributed by atoms with Gasteiger partial charge in [0.1, 0.15) is 0 Å². The van der Waals surface area contributed by atoms with Gasteiger partial charge in [0.2, 0.25) is 0 Å². The van der Waals surface area contributed by atoms with Gasteiger partial charge >= 0.3 is 16.2 Å². The van der Waals surface area contributed by atoms with Crippen LogP contribution in [-0.2, 0) is 15.0 Å². The lowest BCUT2D eigenvalue weighted by Gasteiger charge is -2.33. The van der Waals surface area contributed by atoms with Crippen LogP contribution in [0.5, 0.6) is 0 Å². The first-order valence-corrected chi connectivity index (χ1v) is 8.00. The van der Waals surface area contributed by atoms with E-state index in [0.29, 0.717) is 24.2 Å². The van der Waals surface area contributed by atoms with Gasteiger partial charge in [-0.25, -0.2) is 0 Å². The van der Waals surface area contributed by atoms with E-state index in [2.05, 4.69) is 4.72 Å². The molecule has 1 atom stereocenters. The number of nitrogens with zero attached hydrogens (tertiary/aromatic N) is 1. The second-order valence-corrected chi connectivity index (χ2v) is 6.39. The minimum atomic E-state index is -3.62. The van der Waals surface area contributed by atoms with E-state index in [1.165, 1.54) is 4.31 Å². The number of rotatable bonds is 5. The minimum absolute atomic E-state index is 0.174. The Morgan fingerprint density at radius 3 is 2.80 bits per heavy atom. The maximum absolute atomic E-state index is 12.3. The van der Waals surface area contributed by atoms with Crippen molar-refractivity contribution in [2.24, 2.45) is 0 Å². The third-order valence-electron chi connectivity index (χ3n) is 3.32. The highest BCUT2D eigenvalue weighted by Gasteiger charge is 2.34. The first kappa shape index (κ1) is 14.8. The van der Waals surface area contributed by atoms with Crippen LogP contribution < -0.4 is 9.03 Å². The summed E-state index contributed by atoms with van der Waals surface area (Å²) < 4.78 is 28.3. The molecule has 1 aliphatic heterocycles. The topological polar surface area (TPSA) is 86.7 Å². The van der Waals surface area contributed by atoms with Crippen LogP contribution in [0.25, 0.3) is 0 Å². The zero-order valence-electron chi connectivity index (χ0n) is 11.2. The predicted octanol–water partition coefficient (Wildman–Crippen LogP) is 1.31. The largest absolute Gasteiger partial charge is 0.481 e. The zero-order valence-corrected chi connectivity index (χ0v) is 12.1. The molecule has 1 aromatic rings. The minimum Gasteiger partial charge on any atom is -0.481 e. The Labute approximate surface area is 118 Å². The van der Waals surface area contributed by atoms with Gasteiger partial charge in [0.15, 0.2) is 0 Å². The van der Waals surface area contributed by atoms with Crippen LogP contribution >= 0.6 is 0 Å². The smallest absolute Gasteiger partial charge is 0.311 e. The Balaban J connectivity index is 2.39. The zero-order chi connectivity index (χ0) is 14.8. The first-order valence-electron chi connectivity index (χ1n) is 6.56. The second kappa shape index (κ2) is 5.80. The van der Waals surface area contributed by atoms with E-state index in [1.54, 1.807) is 24.3 Å². The van der Waals surface area contributed by atoms with Crippen LogP contribution in [0.1, 0.15) is 31.2 Å². The van der Waals surface area contributed by atoms with Gasteiger partial charge in [-0.3, -0.25) is 9.10 Å². The number of carboxylic acids is 1. The molecule has 0 radical (unpaired) electrons. The molecular weight excluding hydrogens is 280 g/mol. The molecule has 20 heavy (non-hydrogen) atoms. The lowest BCUT2D eigenvalue weighted by molar-refractivity contribution is -0.139. The lowest BCUT2D eigenvalue weighted by atomic mass is 9.91. The van der Waals surface area contributed by atoms with Crippen LogP contribution in [-0.4, -0.2) is 32.6 Å². The predicted molar refractivity (Wildman–Crippen MR) is 76.0 cm³/mol. The first-order chi connectivity index (χ1) is 9.47. The Morgan fingerprint density at radius 2 is 2.15 bits per heavy atom. The fourth-order valence-corrected chi connectivity index (χ4v) is 3.74. The molecule has 1 aliphatic rings. The highest BCUT2D eigenvalue weighted by molar-refractivity contribution is 7.90.